The molecule has 0 amide bonds. The maximum atomic E-state index is 6.12. The van der Waals surface area contributed by atoms with Gasteiger partial charge in [0.15, 0.2) is 5.11 Å². The van der Waals surface area contributed by atoms with E-state index in [1.807, 2.05) is 37.3 Å². The molecular weight excluding hydrogens is 326 g/mol. The summed E-state index contributed by atoms with van der Waals surface area (Å²) >= 11 is 11.5. The first-order valence-electron chi connectivity index (χ1n) is 7.73. The van der Waals surface area contributed by atoms with Gasteiger partial charge in [0.05, 0.1) is 0 Å². The number of halogens is 1. The minimum absolute atomic E-state index is 0.547. The van der Waals surface area contributed by atoms with E-state index in [4.69, 9.17) is 23.8 Å². The van der Waals surface area contributed by atoms with Gasteiger partial charge in [0.2, 0.25) is 0 Å². The zero-order valence-electron chi connectivity index (χ0n) is 13.7. The smallest absolute Gasteiger partial charge is 0.175 e. The van der Waals surface area contributed by atoms with Crippen LogP contribution >= 0.6 is 23.8 Å². The van der Waals surface area contributed by atoms with Crippen LogP contribution in [0, 0.1) is 6.92 Å². The number of nitrogens with zero attached hydrogens (tertiary/aromatic N) is 1. The number of rotatable bonds is 5. The molecule has 0 unspecified atom stereocenters. The topological polar surface area (TPSA) is 27.3 Å². The molecule has 2 aromatic rings. The van der Waals surface area contributed by atoms with Gasteiger partial charge in [-0.3, -0.25) is 0 Å². The van der Waals surface area contributed by atoms with Crippen molar-refractivity contribution >= 4 is 46.0 Å². The zero-order chi connectivity index (χ0) is 16.8. The van der Waals surface area contributed by atoms with Crippen LogP contribution in [0.4, 0.5) is 17.1 Å². The van der Waals surface area contributed by atoms with Crippen molar-refractivity contribution < 1.29 is 0 Å². The van der Waals surface area contributed by atoms with E-state index in [1.165, 1.54) is 5.69 Å². The third kappa shape index (κ3) is 4.60. The number of hydrogen-bond acceptors (Lipinski definition) is 2. The Labute approximate surface area is 148 Å². The monoisotopic (exact) mass is 347 g/mol. The molecule has 0 saturated heterocycles. The van der Waals surface area contributed by atoms with Crippen LogP contribution in [0.3, 0.4) is 0 Å². The molecule has 0 radical (unpaired) electrons. The molecule has 0 spiro atoms. The summed E-state index contributed by atoms with van der Waals surface area (Å²) in [5, 5.41) is 7.65. The van der Waals surface area contributed by atoms with Crippen LogP contribution in [0.15, 0.2) is 42.5 Å². The molecule has 0 bridgehead atoms. The average molecular weight is 348 g/mol. The van der Waals surface area contributed by atoms with Crippen molar-refractivity contribution in [3.05, 3.63) is 53.1 Å². The maximum Gasteiger partial charge on any atom is 0.175 e. The van der Waals surface area contributed by atoms with E-state index < -0.39 is 0 Å². The van der Waals surface area contributed by atoms with Crippen LogP contribution in [0.2, 0.25) is 5.02 Å². The lowest BCUT2D eigenvalue weighted by atomic mass is 10.2. The van der Waals surface area contributed by atoms with Gasteiger partial charge in [0.1, 0.15) is 0 Å². The fraction of sp³-hybridized carbons (Fsp3) is 0.278. The number of benzene rings is 2. The summed E-state index contributed by atoms with van der Waals surface area (Å²) in [7, 11) is 0. The van der Waals surface area contributed by atoms with Gasteiger partial charge in [0.25, 0.3) is 0 Å². The van der Waals surface area contributed by atoms with Crippen LogP contribution in [0.25, 0.3) is 0 Å². The minimum Gasteiger partial charge on any atom is -0.372 e. The van der Waals surface area contributed by atoms with Gasteiger partial charge in [0, 0.05) is 35.2 Å². The number of nitrogens with one attached hydrogen (secondary N) is 2. The molecule has 2 aromatic carbocycles. The second-order valence-corrected chi connectivity index (χ2v) is 6.03. The van der Waals surface area contributed by atoms with Crippen molar-refractivity contribution in [1.29, 1.82) is 0 Å². The van der Waals surface area contributed by atoms with E-state index in [1.54, 1.807) is 0 Å². The summed E-state index contributed by atoms with van der Waals surface area (Å²) in [5.74, 6) is 0. The molecule has 3 nitrogen and oxygen atoms in total. The van der Waals surface area contributed by atoms with E-state index in [2.05, 4.69) is 41.5 Å². The van der Waals surface area contributed by atoms with Gasteiger partial charge in [-0.05, 0) is 75.0 Å². The normalized spacial score (nSPS) is 10.3. The van der Waals surface area contributed by atoms with Crippen LogP contribution in [-0.2, 0) is 0 Å². The molecule has 0 aliphatic carbocycles. The van der Waals surface area contributed by atoms with Crippen LogP contribution in [0.1, 0.15) is 19.4 Å². The Balaban J connectivity index is 2.01. The Morgan fingerprint density at radius 3 is 2.30 bits per heavy atom. The van der Waals surface area contributed by atoms with E-state index in [-0.39, 0.29) is 0 Å². The summed E-state index contributed by atoms with van der Waals surface area (Å²) in [5.41, 5.74) is 4.06. The van der Waals surface area contributed by atoms with Crippen LogP contribution in [-0.4, -0.2) is 18.2 Å². The van der Waals surface area contributed by atoms with Gasteiger partial charge in [-0.2, -0.15) is 0 Å². The summed E-state index contributed by atoms with van der Waals surface area (Å²) in [6.07, 6.45) is 0. The highest BCUT2D eigenvalue weighted by atomic mass is 35.5. The summed E-state index contributed by atoms with van der Waals surface area (Å²) in [4.78, 5) is 2.30. The van der Waals surface area contributed by atoms with Gasteiger partial charge in [-0.15, -0.1) is 0 Å². The molecule has 0 aliphatic rings. The summed E-state index contributed by atoms with van der Waals surface area (Å²) < 4.78 is 0. The highest BCUT2D eigenvalue weighted by molar-refractivity contribution is 7.80. The molecule has 0 saturated carbocycles. The molecule has 5 heteroatoms. The molecule has 0 aromatic heterocycles. The molecule has 23 heavy (non-hydrogen) atoms. The standard InChI is InChI=1S/C18H22ClN3S/c1-4-22(5-2)15-11-9-14(10-12-15)20-18(23)21-17-8-6-7-16(19)13(17)3/h6-12H,4-5H2,1-3H3,(H2,20,21,23). The largest absolute Gasteiger partial charge is 0.372 e. The molecule has 122 valence electrons. The highest BCUT2D eigenvalue weighted by Crippen LogP contribution is 2.23. The SMILES string of the molecule is CCN(CC)c1ccc(NC(=S)Nc2cccc(Cl)c2C)cc1. The molecule has 2 N–H and O–H groups in total. The van der Waals surface area contributed by atoms with E-state index >= 15 is 0 Å². The molecule has 0 atom stereocenters. The Kier molecular flexibility index (Phi) is 6.25. The second kappa shape index (κ2) is 8.18. The molecule has 0 aliphatic heterocycles. The van der Waals surface area contributed by atoms with Crippen LogP contribution < -0.4 is 15.5 Å². The Morgan fingerprint density at radius 2 is 1.70 bits per heavy atom. The predicted molar refractivity (Wildman–Crippen MR) is 106 cm³/mol. The first-order chi connectivity index (χ1) is 11.0. The highest BCUT2D eigenvalue weighted by Gasteiger charge is 2.05. The van der Waals surface area contributed by atoms with Gasteiger partial charge < -0.3 is 15.5 Å². The van der Waals surface area contributed by atoms with Crippen molar-refractivity contribution in [3.63, 3.8) is 0 Å². The maximum absolute atomic E-state index is 6.12. The zero-order valence-corrected chi connectivity index (χ0v) is 15.3. The average Bonchev–Trinajstić information content (AvgIpc) is 2.54. The second-order valence-electron chi connectivity index (χ2n) is 5.21. The lowest BCUT2D eigenvalue weighted by molar-refractivity contribution is 0.866. The predicted octanol–water partition coefficient (Wildman–Crippen LogP) is 5.30. The van der Waals surface area contributed by atoms with Crippen molar-refractivity contribution in [3.8, 4) is 0 Å². The lowest BCUT2D eigenvalue weighted by Gasteiger charge is -2.21. The molecule has 0 fully saturated rings. The third-order valence-electron chi connectivity index (χ3n) is 3.77. The van der Waals surface area contributed by atoms with Crippen molar-refractivity contribution in [2.75, 3.05) is 28.6 Å². The van der Waals surface area contributed by atoms with Crippen molar-refractivity contribution in [2.24, 2.45) is 0 Å². The summed E-state index contributed by atoms with van der Waals surface area (Å²) in [6.45, 7) is 8.27. The van der Waals surface area contributed by atoms with E-state index in [9.17, 15) is 0 Å². The van der Waals surface area contributed by atoms with Crippen molar-refractivity contribution in [1.82, 2.24) is 0 Å². The number of thiocarbonyl (C=S) groups is 1. The van der Waals surface area contributed by atoms with Gasteiger partial charge in [-0.25, -0.2) is 0 Å². The van der Waals surface area contributed by atoms with E-state index in [0.717, 1.165) is 35.1 Å². The Hall–Kier alpha value is -1.78. The Bertz CT molecular complexity index is 666. The lowest BCUT2D eigenvalue weighted by Crippen LogP contribution is -2.22. The first kappa shape index (κ1) is 17.6. The molecule has 0 heterocycles. The minimum atomic E-state index is 0.547. The van der Waals surface area contributed by atoms with E-state index in [0.29, 0.717) is 5.11 Å². The number of anilines is 3. The van der Waals surface area contributed by atoms with Crippen molar-refractivity contribution in [2.45, 2.75) is 20.8 Å². The molecule has 2 rings (SSSR count). The summed E-state index contributed by atoms with van der Waals surface area (Å²) in [6, 6.07) is 14.0. The third-order valence-corrected chi connectivity index (χ3v) is 4.38. The van der Waals surface area contributed by atoms with Crippen LogP contribution in [0.5, 0.6) is 0 Å². The quantitative estimate of drug-likeness (QED) is 0.717. The van der Waals surface area contributed by atoms with Gasteiger partial charge >= 0.3 is 0 Å². The molecular formula is C18H22ClN3S. The fourth-order valence-corrected chi connectivity index (χ4v) is 2.77. The fourth-order valence-electron chi connectivity index (χ4n) is 2.37. The number of hydrogen-bond donors (Lipinski definition) is 2. The first-order valence-corrected chi connectivity index (χ1v) is 8.51. The Morgan fingerprint density at radius 1 is 1.04 bits per heavy atom. The van der Waals surface area contributed by atoms with Gasteiger partial charge in [-0.1, -0.05) is 17.7 Å².